The Kier molecular flexibility index (Phi) is 4.95. The number of anilines is 2. The van der Waals surface area contributed by atoms with E-state index < -0.39 is 10.0 Å². The van der Waals surface area contributed by atoms with Gasteiger partial charge in [-0.1, -0.05) is 39.1 Å². The van der Waals surface area contributed by atoms with Crippen LogP contribution < -0.4 is 16.0 Å². The van der Waals surface area contributed by atoms with Crippen molar-refractivity contribution < 1.29 is 8.42 Å². The number of sulfonamides is 1. The lowest BCUT2D eigenvalue weighted by Crippen LogP contribution is -2.15. The third-order valence-electron chi connectivity index (χ3n) is 2.44. The van der Waals surface area contributed by atoms with Crippen molar-refractivity contribution >= 4 is 60.7 Å². The maximum atomic E-state index is 12.3. The fourth-order valence-electron chi connectivity index (χ4n) is 1.45. The molecule has 1 aromatic carbocycles. The summed E-state index contributed by atoms with van der Waals surface area (Å²) in [5, 5.41) is 0.349. The molecule has 112 valence electrons. The summed E-state index contributed by atoms with van der Waals surface area (Å²) in [6.45, 7) is 0. The van der Waals surface area contributed by atoms with Crippen LogP contribution in [0.2, 0.25) is 10.0 Å². The summed E-state index contributed by atoms with van der Waals surface area (Å²) in [6.07, 6.45) is 1.13. The Morgan fingerprint density at radius 2 is 1.90 bits per heavy atom. The molecule has 1 heterocycles. The number of benzene rings is 1. The van der Waals surface area contributed by atoms with Crippen molar-refractivity contribution in [1.29, 1.82) is 0 Å². The number of nitrogens with one attached hydrogen (secondary N) is 2. The number of hydrogen-bond acceptors (Lipinski definition) is 5. The fourth-order valence-corrected chi connectivity index (χ4v) is 3.36. The minimum Gasteiger partial charge on any atom is -0.307 e. The van der Waals surface area contributed by atoms with E-state index in [1.54, 1.807) is 18.2 Å². The van der Waals surface area contributed by atoms with Gasteiger partial charge in [0, 0.05) is 10.7 Å². The molecule has 2 rings (SSSR count). The van der Waals surface area contributed by atoms with E-state index in [-0.39, 0.29) is 26.4 Å². The predicted octanol–water partition coefficient (Wildman–Crippen LogP) is 3.24. The molecule has 6 nitrogen and oxygen atoms in total. The largest absolute Gasteiger partial charge is 0.307 e. The number of nitrogens with two attached hydrogens (primary N) is 1. The first-order valence-corrected chi connectivity index (χ1v) is 8.47. The summed E-state index contributed by atoms with van der Waals surface area (Å²) < 4.78 is 27.6. The Bertz CT molecular complexity index is 786. The zero-order valence-corrected chi connectivity index (χ0v) is 14.2. The Hall–Kier alpha value is -1.06. The lowest BCUT2D eigenvalue weighted by Gasteiger charge is -2.11. The molecule has 1 aromatic heterocycles. The van der Waals surface area contributed by atoms with Crippen molar-refractivity contribution in [2.45, 2.75) is 4.90 Å². The smallest absolute Gasteiger partial charge is 0.263 e. The molecule has 0 atom stereocenters. The summed E-state index contributed by atoms with van der Waals surface area (Å²) >= 11 is 15.1. The Morgan fingerprint density at radius 1 is 1.19 bits per heavy atom. The second-order valence-electron chi connectivity index (χ2n) is 3.88. The molecule has 0 radical (unpaired) electrons. The van der Waals surface area contributed by atoms with Gasteiger partial charge in [0.15, 0.2) is 5.82 Å². The summed E-state index contributed by atoms with van der Waals surface area (Å²) in [5.74, 6) is 5.36. The van der Waals surface area contributed by atoms with Gasteiger partial charge < -0.3 is 5.43 Å². The normalized spacial score (nSPS) is 11.2. The lowest BCUT2D eigenvalue weighted by atomic mass is 10.3. The first-order chi connectivity index (χ1) is 9.83. The lowest BCUT2D eigenvalue weighted by molar-refractivity contribution is 0.601. The molecule has 0 spiro atoms. The minimum atomic E-state index is -3.87. The Morgan fingerprint density at radius 3 is 2.52 bits per heavy atom. The van der Waals surface area contributed by atoms with Crippen molar-refractivity contribution in [3.63, 3.8) is 0 Å². The topological polar surface area (TPSA) is 97.1 Å². The molecule has 0 amide bonds. The van der Waals surface area contributed by atoms with Gasteiger partial charge >= 0.3 is 0 Å². The predicted molar refractivity (Wildman–Crippen MR) is 87.0 cm³/mol. The van der Waals surface area contributed by atoms with Gasteiger partial charge in [0.1, 0.15) is 4.90 Å². The molecule has 0 aliphatic rings. The SMILES string of the molecule is NNc1ncc(S(=O)(=O)Nc2cc(Br)ccc2Cl)cc1Cl. The van der Waals surface area contributed by atoms with Gasteiger partial charge in [0.05, 0.1) is 15.7 Å². The van der Waals surface area contributed by atoms with E-state index in [0.717, 1.165) is 6.20 Å². The molecule has 2 aromatic rings. The number of nitrogens with zero attached hydrogens (tertiary/aromatic N) is 1. The molecule has 0 fully saturated rings. The molecule has 0 unspecified atom stereocenters. The summed E-state index contributed by atoms with van der Waals surface area (Å²) in [6, 6.07) is 6.04. The molecule has 0 bridgehead atoms. The summed E-state index contributed by atoms with van der Waals surface area (Å²) in [5.41, 5.74) is 2.49. The molecule has 0 saturated carbocycles. The van der Waals surface area contributed by atoms with Gasteiger partial charge in [-0.15, -0.1) is 0 Å². The van der Waals surface area contributed by atoms with Crippen molar-refractivity contribution in [2.75, 3.05) is 10.1 Å². The average Bonchev–Trinajstić information content (AvgIpc) is 2.42. The van der Waals surface area contributed by atoms with Crippen LogP contribution in [-0.2, 0) is 10.0 Å². The van der Waals surface area contributed by atoms with E-state index in [4.69, 9.17) is 29.0 Å². The number of halogens is 3. The van der Waals surface area contributed by atoms with Gasteiger partial charge in [-0.3, -0.25) is 4.72 Å². The van der Waals surface area contributed by atoms with Crippen LogP contribution in [-0.4, -0.2) is 13.4 Å². The molecule has 0 saturated heterocycles. The number of pyridine rings is 1. The third kappa shape index (κ3) is 3.78. The van der Waals surface area contributed by atoms with E-state index in [1.165, 1.54) is 6.07 Å². The second-order valence-corrected chi connectivity index (χ2v) is 7.29. The highest BCUT2D eigenvalue weighted by Gasteiger charge is 2.18. The molecule has 21 heavy (non-hydrogen) atoms. The molecular weight excluding hydrogens is 403 g/mol. The number of nitrogen functional groups attached to an aromatic ring is 1. The van der Waals surface area contributed by atoms with Crippen molar-refractivity contribution in [3.8, 4) is 0 Å². The van der Waals surface area contributed by atoms with Crippen LogP contribution in [0.25, 0.3) is 0 Å². The maximum Gasteiger partial charge on any atom is 0.263 e. The Labute approximate surface area is 139 Å². The van der Waals surface area contributed by atoms with E-state index in [1.807, 2.05) is 0 Å². The van der Waals surface area contributed by atoms with Crippen LogP contribution in [0.5, 0.6) is 0 Å². The van der Waals surface area contributed by atoms with Gasteiger partial charge in [-0.05, 0) is 24.3 Å². The van der Waals surface area contributed by atoms with Crippen molar-refractivity contribution in [1.82, 2.24) is 4.98 Å². The summed E-state index contributed by atoms with van der Waals surface area (Å²) in [7, 11) is -3.87. The third-order valence-corrected chi connectivity index (χ3v) is 4.88. The molecule has 0 aliphatic carbocycles. The number of rotatable bonds is 4. The highest BCUT2D eigenvalue weighted by molar-refractivity contribution is 9.10. The van der Waals surface area contributed by atoms with Gasteiger partial charge in [-0.25, -0.2) is 19.2 Å². The highest BCUT2D eigenvalue weighted by Crippen LogP contribution is 2.29. The quantitative estimate of drug-likeness (QED) is 0.530. The first kappa shape index (κ1) is 16.3. The Balaban J connectivity index is 2.38. The second kappa shape index (κ2) is 6.37. The monoisotopic (exact) mass is 410 g/mol. The highest BCUT2D eigenvalue weighted by atomic mass is 79.9. The van der Waals surface area contributed by atoms with Gasteiger partial charge in [0.2, 0.25) is 0 Å². The zero-order valence-electron chi connectivity index (χ0n) is 10.3. The number of aromatic nitrogens is 1. The van der Waals surface area contributed by atoms with Gasteiger partial charge in [0.25, 0.3) is 10.0 Å². The van der Waals surface area contributed by atoms with E-state index in [2.05, 4.69) is 31.1 Å². The molecule has 4 N–H and O–H groups in total. The van der Waals surface area contributed by atoms with Gasteiger partial charge in [-0.2, -0.15) is 0 Å². The van der Waals surface area contributed by atoms with E-state index in [9.17, 15) is 8.42 Å². The first-order valence-electron chi connectivity index (χ1n) is 5.43. The molecule has 0 aliphatic heterocycles. The van der Waals surface area contributed by atoms with Crippen LogP contribution in [0.1, 0.15) is 0 Å². The summed E-state index contributed by atoms with van der Waals surface area (Å²) in [4.78, 5) is 3.71. The fraction of sp³-hybridized carbons (Fsp3) is 0. The number of hydrogen-bond donors (Lipinski definition) is 3. The zero-order chi connectivity index (χ0) is 15.6. The average molecular weight is 412 g/mol. The van der Waals surface area contributed by atoms with Crippen LogP contribution in [0, 0.1) is 0 Å². The maximum absolute atomic E-state index is 12.3. The minimum absolute atomic E-state index is 0.0840. The van der Waals surface area contributed by atoms with Crippen LogP contribution in [0.3, 0.4) is 0 Å². The molecular formula is C11H9BrCl2N4O2S. The van der Waals surface area contributed by atoms with Crippen LogP contribution in [0.15, 0.2) is 39.8 Å². The van der Waals surface area contributed by atoms with Crippen LogP contribution in [0.4, 0.5) is 11.5 Å². The van der Waals surface area contributed by atoms with E-state index >= 15 is 0 Å². The van der Waals surface area contributed by atoms with Crippen molar-refractivity contribution in [2.24, 2.45) is 5.84 Å². The van der Waals surface area contributed by atoms with Crippen LogP contribution >= 0.6 is 39.1 Å². The van der Waals surface area contributed by atoms with Crippen molar-refractivity contribution in [3.05, 3.63) is 45.0 Å². The standard InChI is InChI=1S/C11H9BrCl2N4O2S/c12-6-1-2-8(13)10(3-6)18-21(19,20)7-4-9(14)11(17-15)16-5-7/h1-5,18H,15H2,(H,16,17). The van der Waals surface area contributed by atoms with E-state index in [0.29, 0.717) is 4.47 Å². The number of hydrazine groups is 1. The molecule has 10 heteroatoms.